The second-order valence-electron chi connectivity index (χ2n) is 7.67. The summed E-state index contributed by atoms with van der Waals surface area (Å²) in [6, 6.07) is 17.2. The van der Waals surface area contributed by atoms with Crippen LogP contribution in [0.1, 0.15) is 36.7 Å². The molecule has 0 unspecified atom stereocenters. The molecule has 2 aromatic heterocycles. The van der Waals surface area contributed by atoms with E-state index in [2.05, 4.69) is 10.1 Å². The maximum Gasteiger partial charge on any atom is 0.228 e. The van der Waals surface area contributed by atoms with Gasteiger partial charge in [0.15, 0.2) is 28.8 Å². The lowest BCUT2D eigenvalue weighted by atomic mass is 9.82. The maximum atomic E-state index is 12.6. The highest BCUT2D eigenvalue weighted by atomic mass is 16.5. The van der Waals surface area contributed by atoms with E-state index in [0.717, 1.165) is 5.56 Å². The number of carbonyl (C=O) groups excluding carboxylic acids is 1. The van der Waals surface area contributed by atoms with Crippen LogP contribution in [0.25, 0.3) is 5.65 Å². The van der Waals surface area contributed by atoms with E-state index in [9.17, 15) is 4.79 Å². The zero-order valence-electron chi connectivity index (χ0n) is 18.5. The number of allylic oxidation sites excluding steroid dienone is 2. The van der Waals surface area contributed by atoms with Gasteiger partial charge in [0.2, 0.25) is 5.88 Å². The van der Waals surface area contributed by atoms with Crippen LogP contribution in [0.4, 0.5) is 0 Å². The summed E-state index contributed by atoms with van der Waals surface area (Å²) >= 11 is 0. The molecule has 5 rings (SSSR count). The van der Waals surface area contributed by atoms with Crippen molar-refractivity contribution in [3.63, 3.8) is 0 Å². The van der Waals surface area contributed by atoms with Gasteiger partial charge in [-0.1, -0.05) is 42.5 Å². The van der Waals surface area contributed by atoms with Crippen molar-refractivity contribution in [3.05, 3.63) is 89.2 Å². The highest BCUT2D eigenvalue weighted by Crippen LogP contribution is 2.44. The van der Waals surface area contributed by atoms with Crippen molar-refractivity contribution >= 4 is 11.4 Å². The first-order valence-electron chi connectivity index (χ1n) is 10.5. The molecule has 0 N–H and O–H groups in total. The lowest BCUT2D eigenvalue weighted by Crippen LogP contribution is -2.22. The Hall–Kier alpha value is -4.20. The van der Waals surface area contributed by atoms with E-state index in [4.69, 9.17) is 19.2 Å². The molecule has 1 atom stereocenters. The number of para-hydroxylation sites is 2. The predicted octanol–water partition coefficient (Wildman–Crippen LogP) is 4.10. The number of ketones is 1. The van der Waals surface area contributed by atoms with Crippen LogP contribution in [0.15, 0.2) is 72.3 Å². The van der Waals surface area contributed by atoms with Crippen molar-refractivity contribution in [2.24, 2.45) is 0 Å². The minimum atomic E-state index is -0.365. The minimum Gasteiger partial charge on any atom is -0.493 e. The SMILES string of the molecule is COc1ccccc1OCc1nc2c3c(ncn2n1)OC(C)=C(C(C)=O)[C@H]3c1ccccc1. The molecule has 4 aromatic rings. The largest absolute Gasteiger partial charge is 0.493 e. The average Bonchev–Trinajstić information content (AvgIpc) is 3.25. The van der Waals surface area contributed by atoms with Gasteiger partial charge >= 0.3 is 0 Å². The van der Waals surface area contributed by atoms with Crippen LogP contribution in [0, 0.1) is 0 Å². The number of hydrogen-bond donors (Lipinski definition) is 0. The van der Waals surface area contributed by atoms with Crippen molar-refractivity contribution in [2.45, 2.75) is 26.4 Å². The Kier molecular flexibility index (Phi) is 5.26. The Morgan fingerprint density at radius 1 is 1.09 bits per heavy atom. The molecule has 8 heteroatoms. The summed E-state index contributed by atoms with van der Waals surface area (Å²) in [7, 11) is 1.59. The summed E-state index contributed by atoms with van der Waals surface area (Å²) in [5, 5.41) is 4.53. The summed E-state index contributed by atoms with van der Waals surface area (Å²) in [5.41, 5.74) is 2.81. The van der Waals surface area contributed by atoms with Crippen LogP contribution in [0.5, 0.6) is 17.4 Å². The van der Waals surface area contributed by atoms with E-state index in [0.29, 0.717) is 45.7 Å². The van der Waals surface area contributed by atoms with Gasteiger partial charge in [0, 0.05) is 11.5 Å². The van der Waals surface area contributed by atoms with Crippen LogP contribution in [-0.2, 0) is 11.4 Å². The van der Waals surface area contributed by atoms with Crippen molar-refractivity contribution in [1.82, 2.24) is 19.6 Å². The molecule has 0 saturated carbocycles. The molecular formula is C25H22N4O4. The number of aromatic nitrogens is 4. The van der Waals surface area contributed by atoms with E-state index in [-0.39, 0.29) is 18.3 Å². The predicted molar refractivity (Wildman–Crippen MR) is 120 cm³/mol. The summed E-state index contributed by atoms with van der Waals surface area (Å²) in [6.45, 7) is 3.48. The van der Waals surface area contributed by atoms with Gasteiger partial charge in [-0.05, 0) is 31.5 Å². The van der Waals surface area contributed by atoms with Gasteiger partial charge in [-0.3, -0.25) is 4.79 Å². The van der Waals surface area contributed by atoms with E-state index < -0.39 is 0 Å². The maximum absolute atomic E-state index is 12.6. The van der Waals surface area contributed by atoms with Crippen molar-refractivity contribution in [2.75, 3.05) is 7.11 Å². The second-order valence-corrected chi connectivity index (χ2v) is 7.67. The Labute approximate surface area is 190 Å². The number of rotatable bonds is 6. The van der Waals surface area contributed by atoms with E-state index in [1.54, 1.807) is 31.8 Å². The molecule has 0 aliphatic carbocycles. The number of benzene rings is 2. The standard InChI is InChI=1S/C25H22N4O4/c1-15(30)21-16(2)33-25-23(22(21)17-9-5-4-6-10-17)24-27-20(28-29(24)14-26-25)13-32-19-12-8-7-11-18(19)31-3/h4-12,14,22H,13H2,1-3H3/t22-/m1/s1. The molecule has 0 fully saturated rings. The Bertz CT molecular complexity index is 1380. The Morgan fingerprint density at radius 2 is 1.82 bits per heavy atom. The smallest absolute Gasteiger partial charge is 0.228 e. The second kappa shape index (κ2) is 8.38. The molecule has 2 aromatic carbocycles. The van der Waals surface area contributed by atoms with Gasteiger partial charge in [-0.15, -0.1) is 5.10 Å². The molecule has 0 saturated heterocycles. The number of methoxy groups -OCH3 is 1. The molecule has 1 aliphatic heterocycles. The average molecular weight is 442 g/mol. The number of fused-ring (bicyclic) bond motifs is 3. The van der Waals surface area contributed by atoms with Crippen molar-refractivity contribution in [3.8, 4) is 17.4 Å². The molecule has 0 bridgehead atoms. The number of Topliss-reactive ketones (excluding diaryl/α,β-unsaturated/α-hetero) is 1. The lowest BCUT2D eigenvalue weighted by molar-refractivity contribution is -0.114. The van der Waals surface area contributed by atoms with Crippen LogP contribution in [-0.4, -0.2) is 32.5 Å². The highest BCUT2D eigenvalue weighted by molar-refractivity contribution is 5.97. The van der Waals surface area contributed by atoms with Gasteiger partial charge < -0.3 is 14.2 Å². The van der Waals surface area contributed by atoms with E-state index in [1.807, 2.05) is 54.6 Å². The first-order chi connectivity index (χ1) is 16.1. The van der Waals surface area contributed by atoms with Gasteiger partial charge in [-0.2, -0.15) is 0 Å². The fraction of sp³-hybridized carbons (Fsp3) is 0.200. The molecule has 3 heterocycles. The monoisotopic (exact) mass is 442 g/mol. The van der Waals surface area contributed by atoms with E-state index >= 15 is 0 Å². The minimum absolute atomic E-state index is 0.0618. The fourth-order valence-corrected chi connectivity index (χ4v) is 4.16. The van der Waals surface area contributed by atoms with Crippen LogP contribution < -0.4 is 14.2 Å². The summed E-state index contributed by atoms with van der Waals surface area (Å²) < 4.78 is 18.8. The Morgan fingerprint density at radius 3 is 2.55 bits per heavy atom. The Balaban J connectivity index is 1.59. The quantitative estimate of drug-likeness (QED) is 0.444. The topological polar surface area (TPSA) is 87.8 Å². The summed E-state index contributed by atoms with van der Waals surface area (Å²) in [4.78, 5) is 21.8. The molecule has 33 heavy (non-hydrogen) atoms. The van der Waals surface area contributed by atoms with Crippen LogP contribution in [0.3, 0.4) is 0 Å². The summed E-state index contributed by atoms with van der Waals surface area (Å²) in [5.74, 6) is 2.23. The third kappa shape index (κ3) is 3.69. The van der Waals surface area contributed by atoms with E-state index in [1.165, 1.54) is 0 Å². The first kappa shape index (κ1) is 20.7. The van der Waals surface area contributed by atoms with Gasteiger partial charge in [0.1, 0.15) is 18.7 Å². The molecule has 8 nitrogen and oxygen atoms in total. The number of ether oxygens (including phenoxy) is 3. The number of nitrogens with zero attached hydrogens (tertiary/aromatic N) is 4. The third-order valence-electron chi connectivity index (χ3n) is 5.58. The molecule has 0 radical (unpaired) electrons. The highest BCUT2D eigenvalue weighted by Gasteiger charge is 2.35. The number of hydrogen-bond acceptors (Lipinski definition) is 7. The van der Waals surface area contributed by atoms with Gasteiger partial charge in [-0.25, -0.2) is 14.5 Å². The molecular weight excluding hydrogens is 420 g/mol. The van der Waals surface area contributed by atoms with Crippen LogP contribution >= 0.6 is 0 Å². The van der Waals surface area contributed by atoms with Crippen molar-refractivity contribution < 1.29 is 19.0 Å². The van der Waals surface area contributed by atoms with Crippen LogP contribution in [0.2, 0.25) is 0 Å². The lowest BCUT2D eigenvalue weighted by Gasteiger charge is -2.28. The van der Waals surface area contributed by atoms with Crippen molar-refractivity contribution in [1.29, 1.82) is 0 Å². The summed E-state index contributed by atoms with van der Waals surface area (Å²) in [6.07, 6.45) is 1.56. The molecule has 1 aliphatic rings. The van der Waals surface area contributed by atoms with Gasteiger partial charge in [0.05, 0.1) is 12.7 Å². The zero-order valence-corrected chi connectivity index (χ0v) is 18.5. The fourth-order valence-electron chi connectivity index (χ4n) is 4.16. The first-order valence-corrected chi connectivity index (χ1v) is 10.5. The third-order valence-corrected chi connectivity index (χ3v) is 5.58. The number of carbonyl (C=O) groups is 1. The molecule has 0 amide bonds. The normalized spacial score (nSPS) is 15.2. The zero-order chi connectivity index (χ0) is 22.9. The molecule has 166 valence electrons. The molecule has 0 spiro atoms. The van der Waals surface area contributed by atoms with Gasteiger partial charge in [0.25, 0.3) is 0 Å².